The molecule has 0 spiro atoms. The molecular weight excluding hydrogens is 380 g/mol. The summed E-state index contributed by atoms with van der Waals surface area (Å²) in [5.41, 5.74) is 1.64. The fraction of sp³-hybridized carbons (Fsp3) is 0.609. The Morgan fingerprint density at radius 3 is 2.07 bits per heavy atom. The number of hydrogen-bond acceptors (Lipinski definition) is 4. The molecule has 1 aromatic rings. The number of nitrogens with one attached hydrogen (secondary N) is 1. The van der Waals surface area contributed by atoms with E-state index in [4.69, 9.17) is 0 Å². The fourth-order valence-corrected chi connectivity index (χ4v) is 3.63. The molecule has 2 rings (SSSR count). The summed E-state index contributed by atoms with van der Waals surface area (Å²) >= 11 is 0. The monoisotopic (exact) mass is 416 g/mol. The van der Waals surface area contributed by atoms with Crippen LogP contribution in [0, 0.1) is 12.8 Å². The molecule has 0 aliphatic carbocycles. The molecule has 3 amide bonds. The molecule has 1 saturated heterocycles. The highest BCUT2D eigenvalue weighted by atomic mass is 16.2. The molecule has 1 heterocycles. The van der Waals surface area contributed by atoms with Gasteiger partial charge in [-0.2, -0.15) is 0 Å². The average Bonchev–Trinajstić information content (AvgIpc) is 2.73. The summed E-state index contributed by atoms with van der Waals surface area (Å²) in [5, 5.41) is 2.92. The third-order valence-electron chi connectivity index (χ3n) is 5.69. The summed E-state index contributed by atoms with van der Waals surface area (Å²) in [7, 11) is 0. The lowest BCUT2D eigenvalue weighted by molar-refractivity contribution is -0.137. The quantitative estimate of drug-likeness (QED) is 0.701. The van der Waals surface area contributed by atoms with Crippen molar-refractivity contribution in [1.82, 2.24) is 20.0 Å². The molecule has 166 valence electrons. The van der Waals surface area contributed by atoms with Crippen molar-refractivity contribution in [3.05, 3.63) is 35.4 Å². The fourth-order valence-electron chi connectivity index (χ4n) is 3.63. The topological polar surface area (TPSA) is 73.0 Å². The summed E-state index contributed by atoms with van der Waals surface area (Å²) < 4.78 is 0. The van der Waals surface area contributed by atoms with Crippen molar-refractivity contribution in [3.8, 4) is 0 Å². The minimum Gasteiger partial charge on any atom is -0.342 e. The first-order valence-corrected chi connectivity index (χ1v) is 10.9. The second kappa shape index (κ2) is 11.1. The van der Waals surface area contributed by atoms with E-state index < -0.39 is 6.04 Å². The number of piperazine rings is 1. The molecule has 0 bridgehead atoms. The average molecular weight is 417 g/mol. The van der Waals surface area contributed by atoms with Crippen molar-refractivity contribution in [2.45, 2.75) is 40.7 Å². The first kappa shape index (κ1) is 23.9. The molecule has 30 heavy (non-hydrogen) atoms. The van der Waals surface area contributed by atoms with Gasteiger partial charge in [-0.25, -0.2) is 0 Å². The van der Waals surface area contributed by atoms with Crippen LogP contribution in [0.2, 0.25) is 0 Å². The van der Waals surface area contributed by atoms with Crippen LogP contribution in [0.5, 0.6) is 0 Å². The van der Waals surface area contributed by atoms with Gasteiger partial charge in [0.05, 0.1) is 6.54 Å². The van der Waals surface area contributed by atoms with Crippen LogP contribution >= 0.6 is 0 Å². The van der Waals surface area contributed by atoms with Gasteiger partial charge in [-0.1, -0.05) is 31.5 Å². The second-order valence-corrected chi connectivity index (χ2v) is 8.23. The zero-order valence-electron chi connectivity index (χ0n) is 19.0. The Kier molecular flexibility index (Phi) is 8.84. The van der Waals surface area contributed by atoms with Gasteiger partial charge in [0, 0.05) is 44.8 Å². The first-order valence-electron chi connectivity index (χ1n) is 10.9. The number of hydrogen-bond donors (Lipinski definition) is 1. The normalized spacial score (nSPS) is 15.7. The molecule has 1 fully saturated rings. The Labute approximate surface area is 180 Å². The maximum Gasteiger partial charge on any atom is 0.251 e. The van der Waals surface area contributed by atoms with Crippen LogP contribution in [0.3, 0.4) is 0 Å². The SMILES string of the molecule is CCN(CC)C(=O)CN1CCN(C(=O)[C@H](NC(=O)c2ccc(C)cc2)C(C)C)CC1. The predicted octanol–water partition coefficient (Wildman–Crippen LogP) is 1.76. The highest BCUT2D eigenvalue weighted by Gasteiger charge is 2.31. The van der Waals surface area contributed by atoms with Gasteiger partial charge >= 0.3 is 0 Å². The van der Waals surface area contributed by atoms with E-state index in [0.29, 0.717) is 51.4 Å². The molecule has 1 aromatic carbocycles. The number of likely N-dealkylation sites (N-methyl/N-ethyl adjacent to an activating group) is 1. The Bertz CT molecular complexity index is 720. The summed E-state index contributed by atoms with van der Waals surface area (Å²) in [6.07, 6.45) is 0. The molecule has 0 radical (unpaired) electrons. The summed E-state index contributed by atoms with van der Waals surface area (Å²) in [5.74, 6) is -0.176. The van der Waals surface area contributed by atoms with Crippen molar-refractivity contribution in [3.63, 3.8) is 0 Å². The van der Waals surface area contributed by atoms with Crippen LogP contribution in [-0.4, -0.2) is 84.3 Å². The van der Waals surface area contributed by atoms with Crippen LogP contribution in [0.1, 0.15) is 43.6 Å². The number of amides is 3. The Morgan fingerprint density at radius 1 is 1.00 bits per heavy atom. The van der Waals surface area contributed by atoms with Crippen LogP contribution in [0.25, 0.3) is 0 Å². The van der Waals surface area contributed by atoms with E-state index in [9.17, 15) is 14.4 Å². The largest absolute Gasteiger partial charge is 0.342 e. The van der Waals surface area contributed by atoms with E-state index in [1.807, 2.05) is 51.7 Å². The Hall–Kier alpha value is -2.41. The molecule has 1 atom stereocenters. The molecule has 1 aliphatic heterocycles. The zero-order valence-corrected chi connectivity index (χ0v) is 19.0. The van der Waals surface area contributed by atoms with E-state index in [1.165, 1.54) is 0 Å². The molecule has 7 nitrogen and oxygen atoms in total. The lowest BCUT2D eigenvalue weighted by atomic mass is 10.0. The maximum absolute atomic E-state index is 13.1. The third-order valence-corrected chi connectivity index (χ3v) is 5.69. The minimum absolute atomic E-state index is 0.0193. The van der Waals surface area contributed by atoms with Crippen LogP contribution in [-0.2, 0) is 9.59 Å². The molecule has 0 saturated carbocycles. The number of carbonyl (C=O) groups excluding carboxylic acids is 3. The van der Waals surface area contributed by atoms with E-state index in [2.05, 4.69) is 10.2 Å². The predicted molar refractivity (Wildman–Crippen MR) is 118 cm³/mol. The third kappa shape index (κ3) is 6.29. The van der Waals surface area contributed by atoms with Gasteiger partial charge < -0.3 is 15.1 Å². The molecule has 1 N–H and O–H groups in total. The molecule has 0 aromatic heterocycles. The number of nitrogens with zero attached hydrogens (tertiary/aromatic N) is 3. The van der Waals surface area contributed by atoms with Crippen LogP contribution in [0.4, 0.5) is 0 Å². The van der Waals surface area contributed by atoms with Gasteiger partial charge in [-0.05, 0) is 38.8 Å². The van der Waals surface area contributed by atoms with Crippen LogP contribution < -0.4 is 5.32 Å². The number of carbonyl (C=O) groups is 3. The van der Waals surface area contributed by atoms with Gasteiger partial charge in [-0.15, -0.1) is 0 Å². The van der Waals surface area contributed by atoms with E-state index in [1.54, 1.807) is 17.0 Å². The van der Waals surface area contributed by atoms with Gasteiger partial charge in [0.2, 0.25) is 11.8 Å². The van der Waals surface area contributed by atoms with E-state index in [0.717, 1.165) is 5.56 Å². The van der Waals surface area contributed by atoms with Crippen molar-refractivity contribution in [1.29, 1.82) is 0 Å². The maximum atomic E-state index is 13.1. The van der Waals surface area contributed by atoms with E-state index in [-0.39, 0.29) is 23.6 Å². The minimum atomic E-state index is -0.567. The lowest BCUT2D eigenvalue weighted by Crippen LogP contribution is -2.57. The highest BCUT2D eigenvalue weighted by molar-refractivity contribution is 5.97. The van der Waals surface area contributed by atoms with Crippen LogP contribution in [0.15, 0.2) is 24.3 Å². The number of rotatable bonds is 8. The molecule has 1 aliphatic rings. The van der Waals surface area contributed by atoms with Crippen molar-refractivity contribution in [2.24, 2.45) is 5.92 Å². The lowest BCUT2D eigenvalue weighted by Gasteiger charge is -2.37. The summed E-state index contributed by atoms with van der Waals surface area (Å²) in [6.45, 7) is 14.1. The smallest absolute Gasteiger partial charge is 0.251 e. The second-order valence-electron chi connectivity index (χ2n) is 8.23. The number of benzene rings is 1. The molecule has 0 unspecified atom stereocenters. The zero-order chi connectivity index (χ0) is 22.3. The van der Waals surface area contributed by atoms with Gasteiger partial charge in [0.25, 0.3) is 5.91 Å². The first-order chi connectivity index (χ1) is 14.3. The summed E-state index contributed by atoms with van der Waals surface area (Å²) in [4.78, 5) is 43.8. The van der Waals surface area contributed by atoms with Crippen molar-refractivity contribution >= 4 is 17.7 Å². The highest BCUT2D eigenvalue weighted by Crippen LogP contribution is 2.12. The van der Waals surface area contributed by atoms with E-state index >= 15 is 0 Å². The Balaban J connectivity index is 1.93. The summed E-state index contributed by atoms with van der Waals surface area (Å²) in [6, 6.07) is 6.76. The standard InChI is InChI=1S/C23H36N4O3/c1-6-26(7-2)20(28)16-25-12-14-27(15-13-25)23(30)21(17(3)4)24-22(29)19-10-8-18(5)9-11-19/h8-11,17,21H,6-7,12-16H2,1-5H3,(H,24,29)/t21-/m1/s1. The molecular formula is C23H36N4O3. The van der Waals surface area contributed by atoms with Crippen molar-refractivity contribution in [2.75, 3.05) is 45.8 Å². The van der Waals surface area contributed by atoms with Gasteiger partial charge in [0.1, 0.15) is 6.04 Å². The Morgan fingerprint density at radius 2 is 1.57 bits per heavy atom. The van der Waals surface area contributed by atoms with Crippen molar-refractivity contribution < 1.29 is 14.4 Å². The number of aryl methyl sites for hydroxylation is 1. The van der Waals surface area contributed by atoms with Gasteiger partial charge in [-0.3, -0.25) is 19.3 Å². The molecule has 7 heteroatoms. The van der Waals surface area contributed by atoms with Gasteiger partial charge in [0.15, 0.2) is 0 Å².